The largest absolute Gasteiger partial charge is 0.376 e. The van der Waals surface area contributed by atoms with Crippen molar-refractivity contribution in [1.29, 1.82) is 0 Å². The first-order chi connectivity index (χ1) is 13.2. The Morgan fingerprint density at radius 3 is 2.71 bits per heavy atom. The molecule has 5 nitrogen and oxygen atoms in total. The summed E-state index contributed by atoms with van der Waals surface area (Å²) in [6.45, 7) is 5.77. The van der Waals surface area contributed by atoms with Crippen molar-refractivity contribution in [1.82, 2.24) is 10.2 Å². The molecule has 7 heteroatoms. The topological polar surface area (TPSA) is 46.1 Å². The molecule has 3 rings (SSSR count). The minimum atomic E-state index is -0.163. The van der Waals surface area contributed by atoms with Gasteiger partial charge in [0.1, 0.15) is 5.82 Å². The van der Waals surface area contributed by atoms with Crippen LogP contribution in [-0.2, 0) is 16.0 Å². The number of piperidine rings is 1. The highest BCUT2D eigenvalue weighted by Gasteiger charge is 2.23. The second kappa shape index (κ2) is 11.9. The highest BCUT2D eigenvalue weighted by molar-refractivity contribution is 14.0. The number of halogens is 2. The van der Waals surface area contributed by atoms with E-state index in [0.717, 1.165) is 57.1 Å². The van der Waals surface area contributed by atoms with Gasteiger partial charge in [0.15, 0.2) is 5.96 Å². The third-order valence-corrected chi connectivity index (χ3v) is 5.43. The molecular weight excluding hydrogens is 472 g/mol. The van der Waals surface area contributed by atoms with Crippen LogP contribution in [0.2, 0.25) is 0 Å². The number of nitrogens with zero attached hydrogens (tertiary/aromatic N) is 2. The van der Waals surface area contributed by atoms with Gasteiger partial charge in [-0.3, -0.25) is 4.99 Å². The molecule has 0 spiro atoms. The van der Waals surface area contributed by atoms with E-state index in [1.165, 1.54) is 12.8 Å². The van der Waals surface area contributed by atoms with Crippen LogP contribution < -0.4 is 5.32 Å². The second-order valence-corrected chi connectivity index (χ2v) is 7.49. The number of nitrogens with one attached hydrogen (secondary N) is 1. The second-order valence-electron chi connectivity index (χ2n) is 7.49. The normalized spacial score (nSPS) is 21.3. The van der Waals surface area contributed by atoms with Crippen molar-refractivity contribution in [2.24, 2.45) is 4.99 Å². The van der Waals surface area contributed by atoms with Gasteiger partial charge in [0.25, 0.3) is 0 Å². The van der Waals surface area contributed by atoms with Gasteiger partial charge in [0.2, 0.25) is 0 Å². The van der Waals surface area contributed by atoms with E-state index in [-0.39, 0.29) is 35.9 Å². The first-order valence-corrected chi connectivity index (χ1v) is 10.1. The standard InChI is InChI=1S/C21H32FN3O2.HI/c1-16-6-7-17(13-20(16)22)14-24-21(23-2)25-10-8-18(9-11-25)27-15-19-5-3-4-12-26-19;/h6-7,13,18-19H,3-5,8-12,14-15H2,1-2H3,(H,23,24);1H. The summed E-state index contributed by atoms with van der Waals surface area (Å²) < 4.78 is 25.5. The van der Waals surface area contributed by atoms with Gasteiger partial charge in [-0.2, -0.15) is 0 Å². The fourth-order valence-electron chi connectivity index (χ4n) is 3.68. The van der Waals surface area contributed by atoms with Gasteiger partial charge in [-0.15, -0.1) is 24.0 Å². The van der Waals surface area contributed by atoms with Crippen LogP contribution in [0.4, 0.5) is 4.39 Å². The quantitative estimate of drug-likeness (QED) is 0.375. The molecule has 0 amide bonds. The lowest BCUT2D eigenvalue weighted by atomic mass is 10.1. The van der Waals surface area contributed by atoms with E-state index in [9.17, 15) is 4.39 Å². The molecule has 0 aliphatic carbocycles. The smallest absolute Gasteiger partial charge is 0.193 e. The molecule has 1 atom stereocenters. The SMILES string of the molecule is CN=C(NCc1ccc(C)c(F)c1)N1CCC(OCC2CCCCO2)CC1.I. The summed E-state index contributed by atoms with van der Waals surface area (Å²) in [6, 6.07) is 5.35. The molecule has 0 aromatic heterocycles. The Kier molecular flexibility index (Phi) is 9.94. The molecule has 0 bridgehead atoms. The number of likely N-dealkylation sites (tertiary alicyclic amines) is 1. The Hall–Kier alpha value is -0.930. The van der Waals surface area contributed by atoms with E-state index in [4.69, 9.17) is 9.47 Å². The average molecular weight is 505 g/mol. The first kappa shape index (κ1) is 23.3. The van der Waals surface area contributed by atoms with E-state index in [2.05, 4.69) is 15.2 Å². The molecule has 28 heavy (non-hydrogen) atoms. The van der Waals surface area contributed by atoms with Crippen LogP contribution in [0.5, 0.6) is 0 Å². The third kappa shape index (κ3) is 6.84. The predicted molar refractivity (Wildman–Crippen MR) is 121 cm³/mol. The predicted octanol–water partition coefficient (Wildman–Crippen LogP) is 3.88. The van der Waals surface area contributed by atoms with E-state index in [1.54, 1.807) is 20.0 Å². The minimum Gasteiger partial charge on any atom is -0.376 e. The fourth-order valence-corrected chi connectivity index (χ4v) is 3.68. The Morgan fingerprint density at radius 2 is 2.07 bits per heavy atom. The van der Waals surface area contributed by atoms with Crippen molar-refractivity contribution >= 4 is 29.9 Å². The zero-order valence-electron chi connectivity index (χ0n) is 17.0. The summed E-state index contributed by atoms with van der Waals surface area (Å²) in [5.74, 6) is 0.703. The zero-order valence-corrected chi connectivity index (χ0v) is 19.3. The van der Waals surface area contributed by atoms with Crippen molar-refractivity contribution < 1.29 is 13.9 Å². The zero-order chi connectivity index (χ0) is 19.1. The fraction of sp³-hybridized carbons (Fsp3) is 0.667. The van der Waals surface area contributed by atoms with E-state index < -0.39 is 0 Å². The highest BCUT2D eigenvalue weighted by atomic mass is 127. The molecule has 2 saturated heterocycles. The first-order valence-electron chi connectivity index (χ1n) is 10.1. The molecule has 2 aliphatic rings. The average Bonchev–Trinajstić information content (AvgIpc) is 2.71. The van der Waals surface area contributed by atoms with E-state index in [1.807, 2.05) is 12.1 Å². The third-order valence-electron chi connectivity index (χ3n) is 5.43. The number of rotatable bonds is 5. The lowest BCUT2D eigenvalue weighted by molar-refractivity contribution is -0.0721. The summed E-state index contributed by atoms with van der Waals surface area (Å²) in [4.78, 5) is 6.64. The molecule has 1 unspecified atom stereocenters. The molecule has 158 valence electrons. The Balaban J connectivity index is 0.00000280. The molecule has 0 saturated carbocycles. The summed E-state index contributed by atoms with van der Waals surface area (Å²) in [7, 11) is 1.79. The van der Waals surface area contributed by atoms with Crippen LogP contribution in [-0.4, -0.2) is 56.4 Å². The molecule has 0 radical (unpaired) electrons. The summed E-state index contributed by atoms with van der Waals surface area (Å²) in [6.07, 6.45) is 6.11. The highest BCUT2D eigenvalue weighted by Crippen LogP contribution is 2.18. The van der Waals surface area contributed by atoms with E-state index in [0.29, 0.717) is 18.2 Å². The summed E-state index contributed by atoms with van der Waals surface area (Å²) in [5.41, 5.74) is 1.59. The maximum Gasteiger partial charge on any atom is 0.193 e. The van der Waals surface area contributed by atoms with Crippen LogP contribution in [0.15, 0.2) is 23.2 Å². The summed E-state index contributed by atoms with van der Waals surface area (Å²) in [5, 5.41) is 3.35. The van der Waals surface area contributed by atoms with Crippen molar-refractivity contribution in [2.75, 3.05) is 33.4 Å². The number of aliphatic imine (C=N–C) groups is 1. The molecule has 1 aromatic carbocycles. The maximum atomic E-state index is 13.7. The maximum absolute atomic E-state index is 13.7. The van der Waals surface area contributed by atoms with E-state index >= 15 is 0 Å². The number of benzene rings is 1. The van der Waals surface area contributed by atoms with Gasteiger partial charge in [0, 0.05) is 33.3 Å². The number of hydrogen-bond donors (Lipinski definition) is 1. The van der Waals surface area contributed by atoms with Crippen molar-refractivity contribution in [3.8, 4) is 0 Å². The van der Waals surface area contributed by atoms with Crippen LogP contribution in [0.25, 0.3) is 0 Å². The van der Waals surface area contributed by atoms with Crippen LogP contribution in [0.3, 0.4) is 0 Å². The molecule has 2 aliphatic heterocycles. The number of ether oxygens (including phenoxy) is 2. The Labute approximate surface area is 185 Å². The molecule has 1 aromatic rings. The monoisotopic (exact) mass is 505 g/mol. The Bertz CT molecular complexity index is 630. The van der Waals surface area contributed by atoms with Gasteiger partial charge in [-0.25, -0.2) is 4.39 Å². The van der Waals surface area contributed by atoms with Crippen LogP contribution in [0, 0.1) is 12.7 Å². The van der Waals surface area contributed by atoms with Crippen LogP contribution >= 0.6 is 24.0 Å². The summed E-state index contributed by atoms with van der Waals surface area (Å²) >= 11 is 0. The molecule has 2 heterocycles. The van der Waals surface area contributed by atoms with Gasteiger partial charge in [-0.1, -0.05) is 12.1 Å². The van der Waals surface area contributed by atoms with Crippen LogP contribution in [0.1, 0.15) is 43.2 Å². The lowest BCUT2D eigenvalue weighted by Crippen LogP contribution is -2.47. The minimum absolute atomic E-state index is 0. The molecular formula is C21H33FIN3O2. The molecule has 2 fully saturated rings. The number of aryl methyl sites for hydroxylation is 1. The van der Waals surface area contributed by atoms with Gasteiger partial charge >= 0.3 is 0 Å². The van der Waals surface area contributed by atoms with Crippen molar-refractivity contribution in [3.63, 3.8) is 0 Å². The number of hydrogen-bond acceptors (Lipinski definition) is 3. The Morgan fingerprint density at radius 1 is 1.29 bits per heavy atom. The molecule has 1 N–H and O–H groups in total. The van der Waals surface area contributed by atoms with Gasteiger partial charge < -0.3 is 19.7 Å². The lowest BCUT2D eigenvalue weighted by Gasteiger charge is -2.35. The number of guanidine groups is 1. The van der Waals surface area contributed by atoms with Gasteiger partial charge in [-0.05, 0) is 56.2 Å². The van der Waals surface area contributed by atoms with Crippen molar-refractivity contribution in [2.45, 2.75) is 57.8 Å². The van der Waals surface area contributed by atoms with Gasteiger partial charge in [0.05, 0.1) is 18.8 Å². The van der Waals surface area contributed by atoms with Crippen molar-refractivity contribution in [3.05, 3.63) is 35.1 Å².